The molecule has 0 bridgehead atoms. The maximum absolute atomic E-state index is 13.0. The first kappa shape index (κ1) is 23.9. The third-order valence-corrected chi connectivity index (χ3v) is 6.89. The van der Waals surface area contributed by atoms with Gasteiger partial charge in [-0.25, -0.2) is 0 Å². The van der Waals surface area contributed by atoms with Gasteiger partial charge in [0.15, 0.2) is 0 Å². The monoisotopic (exact) mass is 503 g/mol. The van der Waals surface area contributed by atoms with Crippen molar-refractivity contribution in [3.63, 3.8) is 0 Å². The number of fused-ring (bicyclic) bond motifs is 1. The molecule has 1 aliphatic rings. The normalized spacial score (nSPS) is 13.6. The molecule has 2 heterocycles. The SMILES string of the molecule is CC(=O)CSC1=NN=C(c2cc(-c3ccc(C(F)(F)F)nc3)cc(-c3ccc4ccccc4c3)c2)C1. The fraction of sp³-hybridized carbons (Fsp3) is 0.143. The van der Waals surface area contributed by atoms with Crippen LogP contribution in [0.25, 0.3) is 33.0 Å². The molecule has 4 nitrogen and oxygen atoms in total. The summed E-state index contributed by atoms with van der Waals surface area (Å²) >= 11 is 1.37. The van der Waals surface area contributed by atoms with Gasteiger partial charge in [0.2, 0.25) is 0 Å². The number of alkyl halides is 3. The fourth-order valence-electron chi connectivity index (χ4n) is 3.98. The lowest BCUT2D eigenvalue weighted by molar-refractivity contribution is -0.141. The molecule has 180 valence electrons. The highest BCUT2D eigenvalue weighted by molar-refractivity contribution is 8.14. The molecule has 0 spiro atoms. The number of rotatable bonds is 5. The van der Waals surface area contributed by atoms with Crippen LogP contribution in [0.2, 0.25) is 0 Å². The minimum atomic E-state index is -4.50. The maximum Gasteiger partial charge on any atom is 0.433 e. The Morgan fingerprint density at radius 3 is 2.22 bits per heavy atom. The van der Waals surface area contributed by atoms with Gasteiger partial charge in [-0.05, 0) is 70.3 Å². The summed E-state index contributed by atoms with van der Waals surface area (Å²) in [5, 5.41) is 11.5. The van der Waals surface area contributed by atoms with E-state index in [1.807, 2.05) is 54.6 Å². The average molecular weight is 504 g/mol. The van der Waals surface area contributed by atoms with Crippen LogP contribution in [0.4, 0.5) is 13.2 Å². The molecule has 3 aromatic carbocycles. The van der Waals surface area contributed by atoms with Crippen LogP contribution < -0.4 is 0 Å². The van der Waals surface area contributed by atoms with Crippen molar-refractivity contribution in [1.29, 1.82) is 0 Å². The second-order valence-corrected chi connectivity index (χ2v) is 9.55. The van der Waals surface area contributed by atoms with Crippen molar-refractivity contribution in [2.45, 2.75) is 19.5 Å². The molecule has 0 fully saturated rings. The Morgan fingerprint density at radius 2 is 1.53 bits per heavy atom. The molecule has 1 aromatic heterocycles. The molecular formula is C28H20F3N3OS. The lowest BCUT2D eigenvalue weighted by atomic mass is 9.93. The van der Waals surface area contributed by atoms with Crippen molar-refractivity contribution < 1.29 is 18.0 Å². The average Bonchev–Trinajstić information content (AvgIpc) is 3.36. The van der Waals surface area contributed by atoms with E-state index in [4.69, 9.17) is 0 Å². The van der Waals surface area contributed by atoms with Crippen molar-refractivity contribution in [1.82, 2.24) is 4.98 Å². The van der Waals surface area contributed by atoms with Gasteiger partial charge in [-0.3, -0.25) is 9.78 Å². The first-order valence-electron chi connectivity index (χ1n) is 11.2. The van der Waals surface area contributed by atoms with E-state index < -0.39 is 11.9 Å². The molecule has 36 heavy (non-hydrogen) atoms. The second kappa shape index (κ2) is 9.70. The molecule has 0 saturated carbocycles. The zero-order chi connectivity index (χ0) is 25.3. The Kier molecular flexibility index (Phi) is 6.45. The molecule has 0 saturated heterocycles. The number of pyridine rings is 1. The van der Waals surface area contributed by atoms with Gasteiger partial charge in [0.05, 0.1) is 11.5 Å². The summed E-state index contributed by atoms with van der Waals surface area (Å²) in [6.07, 6.45) is -2.77. The minimum absolute atomic E-state index is 0.0616. The van der Waals surface area contributed by atoms with Crippen molar-refractivity contribution >= 4 is 39.1 Å². The molecule has 5 rings (SSSR count). The zero-order valence-corrected chi connectivity index (χ0v) is 20.0. The summed E-state index contributed by atoms with van der Waals surface area (Å²) in [7, 11) is 0. The van der Waals surface area contributed by atoms with Gasteiger partial charge in [0, 0.05) is 18.2 Å². The van der Waals surface area contributed by atoms with Crippen LogP contribution in [0.3, 0.4) is 0 Å². The molecule has 4 aromatic rings. The predicted molar refractivity (Wildman–Crippen MR) is 139 cm³/mol. The molecule has 0 atom stereocenters. The fourth-order valence-corrected chi connectivity index (χ4v) is 4.69. The number of carbonyl (C=O) groups is 1. The van der Waals surface area contributed by atoms with E-state index in [1.165, 1.54) is 30.9 Å². The van der Waals surface area contributed by atoms with Gasteiger partial charge in [-0.15, -0.1) is 16.9 Å². The summed E-state index contributed by atoms with van der Waals surface area (Å²) in [5.41, 5.74) is 3.80. The molecule has 8 heteroatoms. The van der Waals surface area contributed by atoms with Gasteiger partial charge in [0.1, 0.15) is 16.5 Å². The number of thioether (sulfide) groups is 1. The van der Waals surface area contributed by atoms with Crippen LogP contribution in [-0.4, -0.2) is 27.3 Å². The first-order valence-corrected chi connectivity index (χ1v) is 12.2. The summed E-state index contributed by atoms with van der Waals surface area (Å²) in [6, 6.07) is 22.5. The predicted octanol–water partition coefficient (Wildman–Crippen LogP) is 7.42. The van der Waals surface area contributed by atoms with Crippen LogP contribution in [0.1, 0.15) is 24.6 Å². The molecule has 0 N–H and O–H groups in total. The van der Waals surface area contributed by atoms with Crippen molar-refractivity contribution in [2.24, 2.45) is 10.2 Å². The smallest absolute Gasteiger partial charge is 0.299 e. The van der Waals surface area contributed by atoms with Crippen LogP contribution in [0.15, 0.2) is 89.2 Å². The van der Waals surface area contributed by atoms with E-state index >= 15 is 0 Å². The van der Waals surface area contributed by atoms with E-state index in [0.717, 1.165) is 49.8 Å². The molecule has 0 aliphatic carbocycles. The van der Waals surface area contributed by atoms with E-state index in [0.29, 0.717) is 17.7 Å². The topological polar surface area (TPSA) is 54.7 Å². The Balaban J connectivity index is 1.55. The highest BCUT2D eigenvalue weighted by Crippen LogP contribution is 2.33. The number of hydrogen-bond donors (Lipinski definition) is 0. The van der Waals surface area contributed by atoms with Crippen LogP contribution in [0, 0.1) is 0 Å². The lowest BCUT2D eigenvalue weighted by Crippen LogP contribution is -2.07. The number of ketones is 1. The lowest BCUT2D eigenvalue weighted by Gasteiger charge is -2.12. The van der Waals surface area contributed by atoms with Gasteiger partial charge in [0.25, 0.3) is 0 Å². The van der Waals surface area contributed by atoms with Crippen LogP contribution in [-0.2, 0) is 11.0 Å². The highest BCUT2D eigenvalue weighted by Gasteiger charge is 2.32. The standard InChI is InChI=1S/C28H20F3N3OS/c1-17(35)16-36-27-14-25(33-34-27)24-12-22(20-7-6-18-4-2-3-5-19(18)10-20)11-23(13-24)21-8-9-26(32-15-21)28(29,30)31/h2-13,15H,14,16H2,1H3. The van der Waals surface area contributed by atoms with Crippen molar-refractivity contribution in [2.75, 3.05) is 5.75 Å². The minimum Gasteiger partial charge on any atom is -0.299 e. The van der Waals surface area contributed by atoms with Crippen LogP contribution >= 0.6 is 11.8 Å². The summed E-state index contributed by atoms with van der Waals surface area (Å²) in [5.74, 6) is 0.396. The van der Waals surface area contributed by atoms with Gasteiger partial charge >= 0.3 is 6.18 Å². The molecule has 0 amide bonds. The summed E-state index contributed by atoms with van der Waals surface area (Å²) < 4.78 is 39.1. The van der Waals surface area contributed by atoms with E-state index in [-0.39, 0.29) is 5.78 Å². The maximum atomic E-state index is 13.0. The number of halogens is 3. The van der Waals surface area contributed by atoms with Gasteiger partial charge in [-0.1, -0.05) is 42.5 Å². The highest BCUT2D eigenvalue weighted by atomic mass is 32.2. The Hall–Kier alpha value is -3.78. The first-order chi connectivity index (χ1) is 17.3. The number of benzene rings is 3. The Morgan fingerprint density at radius 1 is 0.833 bits per heavy atom. The molecule has 0 radical (unpaired) electrons. The third kappa shape index (κ3) is 5.23. The number of aromatic nitrogens is 1. The van der Waals surface area contributed by atoms with Crippen molar-refractivity contribution in [3.05, 3.63) is 90.3 Å². The number of nitrogens with zero attached hydrogens (tertiary/aromatic N) is 3. The Bertz CT molecular complexity index is 1530. The largest absolute Gasteiger partial charge is 0.433 e. The van der Waals surface area contributed by atoms with E-state index in [1.54, 1.807) is 0 Å². The Labute approximate surface area is 210 Å². The quantitative estimate of drug-likeness (QED) is 0.285. The summed E-state index contributed by atoms with van der Waals surface area (Å²) in [4.78, 5) is 15.0. The second-order valence-electron chi connectivity index (χ2n) is 8.50. The van der Waals surface area contributed by atoms with Gasteiger partial charge in [-0.2, -0.15) is 18.3 Å². The van der Waals surface area contributed by atoms with E-state index in [9.17, 15) is 18.0 Å². The van der Waals surface area contributed by atoms with Gasteiger partial charge < -0.3 is 0 Å². The molecule has 1 aliphatic heterocycles. The zero-order valence-electron chi connectivity index (χ0n) is 19.2. The summed E-state index contributed by atoms with van der Waals surface area (Å²) in [6.45, 7) is 1.53. The van der Waals surface area contributed by atoms with E-state index in [2.05, 4.69) is 21.3 Å². The third-order valence-electron chi connectivity index (χ3n) is 5.78. The van der Waals surface area contributed by atoms with Crippen LogP contribution in [0.5, 0.6) is 0 Å². The number of Topliss-reactive ketones (excluding diaryl/α,β-unsaturated/α-hetero) is 1. The van der Waals surface area contributed by atoms with Crippen molar-refractivity contribution in [3.8, 4) is 22.3 Å². The number of carbonyl (C=O) groups excluding carboxylic acids is 1. The molecule has 0 unspecified atom stereocenters. The number of hydrogen-bond acceptors (Lipinski definition) is 5. The molecular weight excluding hydrogens is 483 g/mol.